The lowest BCUT2D eigenvalue weighted by Crippen LogP contribution is -2.27. The monoisotopic (exact) mass is 380 g/mol. The molecule has 0 saturated heterocycles. The second-order valence-electron chi connectivity index (χ2n) is 6.63. The fourth-order valence-corrected chi connectivity index (χ4v) is 3.40. The van der Waals surface area contributed by atoms with Crippen LogP contribution < -0.4 is 9.46 Å². The number of hydrogen-bond donors (Lipinski definition) is 1. The van der Waals surface area contributed by atoms with Crippen LogP contribution in [0.1, 0.15) is 45.6 Å². The number of sulfonamides is 1. The average Bonchev–Trinajstić information content (AvgIpc) is 2.98. The average molecular weight is 381 g/mol. The number of ether oxygens (including phenoxy) is 1. The Bertz CT molecular complexity index is 870. The first kappa shape index (κ1) is 20.2. The van der Waals surface area contributed by atoms with Gasteiger partial charge in [0.15, 0.2) is 5.65 Å². The summed E-state index contributed by atoms with van der Waals surface area (Å²) in [5.74, 6) is 0.931. The van der Waals surface area contributed by atoms with Crippen molar-refractivity contribution in [3.63, 3.8) is 0 Å². The van der Waals surface area contributed by atoms with Crippen molar-refractivity contribution >= 4 is 21.6 Å². The Balaban J connectivity index is 2.35. The molecule has 0 spiro atoms. The number of allylic oxidation sites excluding steroid dienone is 1. The number of nitrogens with zero attached hydrogens (tertiary/aromatic N) is 3. The van der Waals surface area contributed by atoms with Gasteiger partial charge in [0.05, 0.1) is 12.9 Å². The molecule has 2 aromatic rings. The van der Waals surface area contributed by atoms with E-state index in [1.807, 2.05) is 25.3 Å². The molecular weight excluding hydrogens is 352 g/mol. The summed E-state index contributed by atoms with van der Waals surface area (Å²) in [7, 11) is -3.42. The molecule has 0 atom stereocenters. The molecule has 26 heavy (non-hydrogen) atoms. The predicted molar refractivity (Wildman–Crippen MR) is 104 cm³/mol. The van der Waals surface area contributed by atoms with Crippen LogP contribution in [0.25, 0.3) is 5.65 Å². The number of nitrogens with one attached hydrogen (secondary N) is 1. The van der Waals surface area contributed by atoms with Gasteiger partial charge in [0.1, 0.15) is 5.75 Å². The van der Waals surface area contributed by atoms with Crippen LogP contribution in [0.4, 0.5) is 5.95 Å². The van der Waals surface area contributed by atoms with Crippen molar-refractivity contribution < 1.29 is 13.2 Å². The van der Waals surface area contributed by atoms with Crippen LogP contribution in [0.15, 0.2) is 24.9 Å². The highest BCUT2D eigenvalue weighted by Crippen LogP contribution is 2.33. The van der Waals surface area contributed by atoms with Gasteiger partial charge in [-0.05, 0) is 25.7 Å². The number of aromatic nitrogens is 3. The van der Waals surface area contributed by atoms with Crippen molar-refractivity contribution in [3.05, 3.63) is 30.5 Å². The number of aryl methyl sites for hydroxylation is 1. The summed E-state index contributed by atoms with van der Waals surface area (Å²) in [5.41, 5.74) is 1.56. The van der Waals surface area contributed by atoms with Crippen LogP contribution in [0.5, 0.6) is 5.75 Å². The van der Waals surface area contributed by atoms with E-state index >= 15 is 0 Å². The first-order valence-corrected chi connectivity index (χ1v) is 10.8. The van der Waals surface area contributed by atoms with E-state index in [0.29, 0.717) is 12.3 Å². The van der Waals surface area contributed by atoms with E-state index in [1.54, 1.807) is 4.40 Å². The Labute approximate surface area is 155 Å². The van der Waals surface area contributed by atoms with Gasteiger partial charge in [-0.2, -0.15) is 0 Å². The zero-order valence-electron chi connectivity index (χ0n) is 15.9. The summed E-state index contributed by atoms with van der Waals surface area (Å²) in [6, 6.07) is 1.81. The molecule has 0 bridgehead atoms. The lowest BCUT2D eigenvalue weighted by atomic mass is 9.80. The van der Waals surface area contributed by atoms with Crippen molar-refractivity contribution in [2.24, 2.45) is 5.41 Å². The molecule has 0 aromatic carbocycles. The zero-order chi connectivity index (χ0) is 19.4. The molecule has 0 unspecified atom stereocenters. The van der Waals surface area contributed by atoms with Crippen molar-refractivity contribution in [3.8, 4) is 5.75 Å². The molecule has 144 valence electrons. The molecule has 0 saturated carbocycles. The van der Waals surface area contributed by atoms with E-state index in [2.05, 4.69) is 35.3 Å². The van der Waals surface area contributed by atoms with Gasteiger partial charge in [0.2, 0.25) is 16.0 Å². The van der Waals surface area contributed by atoms with Crippen molar-refractivity contribution in [1.29, 1.82) is 0 Å². The van der Waals surface area contributed by atoms with E-state index in [4.69, 9.17) is 4.74 Å². The van der Waals surface area contributed by atoms with Crippen LogP contribution in [0.3, 0.4) is 0 Å². The summed E-state index contributed by atoms with van der Waals surface area (Å²) >= 11 is 0. The molecule has 2 aromatic heterocycles. The van der Waals surface area contributed by atoms with Gasteiger partial charge in [-0.25, -0.2) is 8.42 Å². The predicted octanol–water partition coefficient (Wildman–Crippen LogP) is 3.42. The smallest absolute Gasteiger partial charge is 0.242 e. The molecule has 0 aliphatic carbocycles. The van der Waals surface area contributed by atoms with Gasteiger partial charge in [0, 0.05) is 23.2 Å². The zero-order valence-corrected chi connectivity index (χ0v) is 16.8. The number of rotatable bonds is 10. The number of hydrogen-bond acceptors (Lipinski definition) is 5. The summed E-state index contributed by atoms with van der Waals surface area (Å²) < 4.78 is 33.1. The number of anilines is 1. The Morgan fingerprint density at radius 2 is 2.00 bits per heavy atom. The molecule has 2 rings (SSSR count). The van der Waals surface area contributed by atoms with E-state index < -0.39 is 10.0 Å². The molecule has 7 nitrogen and oxygen atoms in total. The Morgan fingerprint density at radius 1 is 1.31 bits per heavy atom. The third kappa shape index (κ3) is 4.55. The highest BCUT2D eigenvalue weighted by molar-refractivity contribution is 7.91. The van der Waals surface area contributed by atoms with Crippen molar-refractivity contribution in [2.45, 2.75) is 46.5 Å². The summed E-state index contributed by atoms with van der Waals surface area (Å²) in [4.78, 5) is 0. The highest BCUT2D eigenvalue weighted by atomic mass is 32.2. The second-order valence-corrected chi connectivity index (χ2v) is 8.38. The Morgan fingerprint density at radius 3 is 2.54 bits per heavy atom. The van der Waals surface area contributed by atoms with Gasteiger partial charge in [-0.15, -0.1) is 16.8 Å². The first-order valence-electron chi connectivity index (χ1n) is 8.86. The molecule has 0 amide bonds. The summed E-state index contributed by atoms with van der Waals surface area (Å²) in [6.45, 7) is 10.8. The third-order valence-corrected chi connectivity index (χ3v) is 5.41. The third-order valence-electron chi connectivity index (χ3n) is 4.85. The van der Waals surface area contributed by atoms with Crippen molar-refractivity contribution in [2.75, 3.05) is 17.6 Å². The van der Waals surface area contributed by atoms with E-state index in [9.17, 15) is 8.42 Å². The molecule has 0 aliphatic heterocycles. The van der Waals surface area contributed by atoms with Gasteiger partial charge in [-0.3, -0.25) is 9.12 Å². The van der Waals surface area contributed by atoms with Crippen LogP contribution in [0, 0.1) is 5.41 Å². The lowest BCUT2D eigenvalue weighted by molar-refractivity contribution is 0.134. The van der Waals surface area contributed by atoms with Gasteiger partial charge in [-0.1, -0.05) is 26.8 Å². The quantitative estimate of drug-likeness (QED) is 0.638. The van der Waals surface area contributed by atoms with Crippen LogP contribution in [-0.2, 0) is 16.4 Å². The minimum atomic E-state index is -3.42. The SMILES string of the molecule is C=CCC(CC)(CC)COc1cc2nnc(NS(C)(=O)=O)n2cc1CC. The minimum Gasteiger partial charge on any atom is -0.493 e. The minimum absolute atomic E-state index is 0.0650. The molecule has 1 N–H and O–H groups in total. The fraction of sp³-hybridized carbons (Fsp3) is 0.556. The normalized spacial score (nSPS) is 12.3. The molecular formula is C18H28N4O3S. The van der Waals surface area contributed by atoms with Gasteiger partial charge < -0.3 is 4.74 Å². The van der Waals surface area contributed by atoms with Crippen LogP contribution >= 0.6 is 0 Å². The molecule has 0 fully saturated rings. The van der Waals surface area contributed by atoms with Crippen molar-refractivity contribution in [1.82, 2.24) is 14.6 Å². The number of pyridine rings is 1. The Kier molecular flexibility index (Phi) is 6.28. The van der Waals surface area contributed by atoms with E-state index in [-0.39, 0.29) is 11.4 Å². The summed E-state index contributed by atoms with van der Waals surface area (Å²) in [6.07, 6.45) is 8.51. The van der Waals surface area contributed by atoms with E-state index in [1.165, 1.54) is 0 Å². The van der Waals surface area contributed by atoms with Gasteiger partial charge in [0.25, 0.3) is 0 Å². The summed E-state index contributed by atoms with van der Waals surface area (Å²) in [5, 5.41) is 7.97. The maximum Gasteiger partial charge on any atom is 0.242 e. The largest absolute Gasteiger partial charge is 0.493 e. The highest BCUT2D eigenvalue weighted by Gasteiger charge is 2.26. The topological polar surface area (TPSA) is 85.6 Å². The van der Waals surface area contributed by atoms with E-state index in [0.717, 1.165) is 43.3 Å². The molecule has 2 heterocycles. The Hall–Kier alpha value is -2.09. The molecule has 0 radical (unpaired) electrons. The van der Waals surface area contributed by atoms with Crippen LogP contribution in [0.2, 0.25) is 0 Å². The maximum absolute atomic E-state index is 11.5. The lowest BCUT2D eigenvalue weighted by Gasteiger charge is -2.30. The molecule has 0 aliphatic rings. The van der Waals surface area contributed by atoms with Crippen LogP contribution in [-0.4, -0.2) is 35.9 Å². The number of fused-ring (bicyclic) bond motifs is 1. The second kappa shape index (κ2) is 8.07. The first-order chi connectivity index (χ1) is 12.3. The molecule has 8 heteroatoms. The maximum atomic E-state index is 11.5. The van der Waals surface area contributed by atoms with Gasteiger partial charge >= 0.3 is 0 Å². The standard InChI is InChI=1S/C18H28N4O3S/c1-6-10-18(8-3,9-4)13-25-15-11-16-19-20-17(21-26(5,23)24)22(16)12-14(15)7-2/h6,11-12H,1,7-10,13H2,2-5H3,(H,20,21). The fourth-order valence-electron chi connectivity index (χ4n) is 2.93.